The van der Waals surface area contributed by atoms with Crippen LogP contribution in [0.15, 0.2) is 0 Å². The molecule has 0 saturated carbocycles. The summed E-state index contributed by atoms with van der Waals surface area (Å²) in [5, 5.41) is 18.1. The molecule has 1 fully saturated rings. The second-order valence-electron chi connectivity index (χ2n) is 2.72. The third-order valence-corrected chi connectivity index (χ3v) is 1.78. The molecule has 3 nitrogen and oxygen atoms in total. The Kier molecular flexibility index (Phi) is 6.34. The van der Waals surface area contributed by atoms with Crippen LogP contribution in [0, 0.1) is 0 Å². The SMILES string of the molecule is CC.CCCC1OC(O)CC1O. The average molecular weight is 176 g/mol. The van der Waals surface area contributed by atoms with Crippen molar-refractivity contribution in [2.75, 3.05) is 0 Å². The zero-order valence-electron chi connectivity index (χ0n) is 8.16. The summed E-state index contributed by atoms with van der Waals surface area (Å²) in [7, 11) is 0. The van der Waals surface area contributed by atoms with Gasteiger partial charge in [-0.15, -0.1) is 0 Å². The summed E-state index contributed by atoms with van der Waals surface area (Å²) in [4.78, 5) is 0. The topological polar surface area (TPSA) is 49.7 Å². The van der Waals surface area contributed by atoms with E-state index in [0.717, 1.165) is 12.8 Å². The number of rotatable bonds is 2. The van der Waals surface area contributed by atoms with Gasteiger partial charge in [0.2, 0.25) is 0 Å². The number of aliphatic hydroxyl groups is 2. The van der Waals surface area contributed by atoms with Crippen LogP contribution in [-0.2, 0) is 4.74 Å². The van der Waals surface area contributed by atoms with Crippen molar-refractivity contribution in [1.29, 1.82) is 0 Å². The van der Waals surface area contributed by atoms with E-state index in [1.54, 1.807) is 0 Å². The zero-order valence-corrected chi connectivity index (χ0v) is 8.16. The van der Waals surface area contributed by atoms with Crippen molar-refractivity contribution in [1.82, 2.24) is 0 Å². The Balaban J connectivity index is 0.000000561. The molecule has 1 aliphatic rings. The van der Waals surface area contributed by atoms with E-state index in [9.17, 15) is 5.11 Å². The fourth-order valence-corrected chi connectivity index (χ4v) is 1.25. The van der Waals surface area contributed by atoms with Crippen LogP contribution in [0.1, 0.15) is 40.0 Å². The van der Waals surface area contributed by atoms with Gasteiger partial charge in [0, 0.05) is 6.42 Å². The molecule has 0 aromatic heterocycles. The Morgan fingerprint density at radius 3 is 2.25 bits per heavy atom. The molecule has 1 rings (SSSR count). The highest BCUT2D eigenvalue weighted by Crippen LogP contribution is 2.21. The van der Waals surface area contributed by atoms with Crippen molar-refractivity contribution in [2.45, 2.75) is 58.5 Å². The first-order chi connectivity index (χ1) is 5.74. The molecule has 1 aliphatic heterocycles. The van der Waals surface area contributed by atoms with Crippen molar-refractivity contribution in [3.63, 3.8) is 0 Å². The maximum absolute atomic E-state index is 9.21. The van der Waals surface area contributed by atoms with Gasteiger partial charge in [-0.05, 0) is 6.42 Å². The molecule has 0 aromatic carbocycles. The predicted molar refractivity (Wildman–Crippen MR) is 47.8 cm³/mol. The van der Waals surface area contributed by atoms with E-state index < -0.39 is 12.4 Å². The second-order valence-corrected chi connectivity index (χ2v) is 2.72. The minimum absolute atomic E-state index is 0.139. The van der Waals surface area contributed by atoms with Crippen LogP contribution in [0.2, 0.25) is 0 Å². The lowest BCUT2D eigenvalue weighted by Crippen LogP contribution is -2.20. The molecule has 74 valence electrons. The Morgan fingerprint density at radius 1 is 1.33 bits per heavy atom. The highest BCUT2D eigenvalue weighted by atomic mass is 16.6. The number of aliphatic hydroxyl groups excluding tert-OH is 2. The van der Waals surface area contributed by atoms with E-state index >= 15 is 0 Å². The lowest BCUT2D eigenvalue weighted by atomic mass is 10.1. The Hall–Kier alpha value is -0.120. The van der Waals surface area contributed by atoms with Crippen LogP contribution >= 0.6 is 0 Å². The van der Waals surface area contributed by atoms with E-state index in [1.165, 1.54) is 0 Å². The molecule has 0 bridgehead atoms. The van der Waals surface area contributed by atoms with Crippen LogP contribution in [0.5, 0.6) is 0 Å². The van der Waals surface area contributed by atoms with Crippen LogP contribution < -0.4 is 0 Å². The molecule has 0 amide bonds. The normalized spacial score (nSPS) is 34.2. The van der Waals surface area contributed by atoms with Crippen LogP contribution in [0.3, 0.4) is 0 Å². The van der Waals surface area contributed by atoms with Gasteiger partial charge in [0.15, 0.2) is 6.29 Å². The first-order valence-electron chi connectivity index (χ1n) is 4.75. The number of hydrogen-bond donors (Lipinski definition) is 2. The van der Waals surface area contributed by atoms with Gasteiger partial charge in [0.1, 0.15) is 0 Å². The fourth-order valence-electron chi connectivity index (χ4n) is 1.25. The maximum atomic E-state index is 9.21. The molecule has 3 unspecified atom stereocenters. The van der Waals surface area contributed by atoms with Crippen LogP contribution in [0.4, 0.5) is 0 Å². The van der Waals surface area contributed by atoms with Crippen molar-refractivity contribution < 1.29 is 14.9 Å². The van der Waals surface area contributed by atoms with Gasteiger partial charge in [-0.2, -0.15) is 0 Å². The summed E-state index contributed by atoms with van der Waals surface area (Å²) in [5.74, 6) is 0. The summed E-state index contributed by atoms with van der Waals surface area (Å²) < 4.78 is 5.02. The van der Waals surface area contributed by atoms with E-state index in [-0.39, 0.29) is 6.10 Å². The summed E-state index contributed by atoms with van der Waals surface area (Å²) in [6.07, 6.45) is 0.832. The minimum atomic E-state index is -0.744. The molecule has 0 radical (unpaired) electrons. The summed E-state index contributed by atoms with van der Waals surface area (Å²) in [6, 6.07) is 0. The largest absolute Gasteiger partial charge is 0.390 e. The minimum Gasteiger partial charge on any atom is -0.390 e. The molecule has 0 aliphatic carbocycles. The van der Waals surface area contributed by atoms with Crippen LogP contribution in [-0.4, -0.2) is 28.7 Å². The van der Waals surface area contributed by atoms with Gasteiger partial charge in [0.05, 0.1) is 12.2 Å². The fraction of sp³-hybridized carbons (Fsp3) is 1.00. The second kappa shape index (κ2) is 6.40. The summed E-state index contributed by atoms with van der Waals surface area (Å²) >= 11 is 0. The number of hydrogen-bond acceptors (Lipinski definition) is 3. The Morgan fingerprint density at radius 2 is 1.92 bits per heavy atom. The van der Waals surface area contributed by atoms with Crippen molar-refractivity contribution in [3.05, 3.63) is 0 Å². The van der Waals surface area contributed by atoms with E-state index in [2.05, 4.69) is 0 Å². The van der Waals surface area contributed by atoms with Gasteiger partial charge in [0.25, 0.3) is 0 Å². The van der Waals surface area contributed by atoms with Gasteiger partial charge in [-0.1, -0.05) is 27.2 Å². The molecule has 0 aromatic rings. The number of ether oxygens (including phenoxy) is 1. The standard InChI is InChI=1S/C7H14O3.C2H6/c1-2-3-6-5(8)4-7(9)10-6;1-2/h5-9H,2-4H2,1H3;1-2H3. The molecule has 1 heterocycles. The van der Waals surface area contributed by atoms with Crippen molar-refractivity contribution in [3.8, 4) is 0 Å². The third kappa shape index (κ3) is 3.52. The summed E-state index contributed by atoms with van der Waals surface area (Å²) in [6.45, 7) is 6.03. The lowest BCUT2D eigenvalue weighted by molar-refractivity contribution is -0.0967. The van der Waals surface area contributed by atoms with Crippen molar-refractivity contribution >= 4 is 0 Å². The molecule has 3 atom stereocenters. The first kappa shape index (κ1) is 11.9. The molecule has 12 heavy (non-hydrogen) atoms. The quantitative estimate of drug-likeness (QED) is 0.666. The first-order valence-corrected chi connectivity index (χ1v) is 4.75. The molecule has 1 saturated heterocycles. The molecular formula is C9H20O3. The average Bonchev–Trinajstić information content (AvgIpc) is 2.35. The Labute approximate surface area is 74.4 Å². The molecule has 2 N–H and O–H groups in total. The van der Waals surface area contributed by atoms with E-state index in [0.29, 0.717) is 6.42 Å². The van der Waals surface area contributed by atoms with Crippen molar-refractivity contribution in [2.24, 2.45) is 0 Å². The monoisotopic (exact) mass is 176 g/mol. The predicted octanol–water partition coefficient (Wildman–Crippen LogP) is 1.28. The molecule has 0 spiro atoms. The van der Waals surface area contributed by atoms with Crippen LogP contribution in [0.25, 0.3) is 0 Å². The summed E-state index contributed by atoms with van der Waals surface area (Å²) in [5.41, 5.74) is 0. The highest BCUT2D eigenvalue weighted by Gasteiger charge is 2.31. The molecular weight excluding hydrogens is 156 g/mol. The zero-order chi connectivity index (χ0) is 9.56. The molecule has 3 heteroatoms. The smallest absolute Gasteiger partial charge is 0.157 e. The maximum Gasteiger partial charge on any atom is 0.157 e. The van der Waals surface area contributed by atoms with Gasteiger partial charge in [-0.25, -0.2) is 0 Å². The van der Waals surface area contributed by atoms with E-state index in [1.807, 2.05) is 20.8 Å². The van der Waals surface area contributed by atoms with Gasteiger partial charge >= 0.3 is 0 Å². The van der Waals surface area contributed by atoms with Gasteiger partial charge in [-0.3, -0.25) is 0 Å². The third-order valence-electron chi connectivity index (χ3n) is 1.78. The lowest BCUT2D eigenvalue weighted by Gasteiger charge is -2.11. The van der Waals surface area contributed by atoms with E-state index in [4.69, 9.17) is 9.84 Å². The highest BCUT2D eigenvalue weighted by molar-refractivity contribution is 4.76. The Bertz CT molecular complexity index is 106. The van der Waals surface area contributed by atoms with Gasteiger partial charge < -0.3 is 14.9 Å².